The van der Waals surface area contributed by atoms with Gasteiger partial charge in [0, 0.05) is 13.1 Å². The molecule has 2 rings (SSSR count). The minimum absolute atomic E-state index is 0.0385. The molecule has 3 N–H and O–H groups in total. The molecule has 0 aromatic heterocycles. The van der Waals surface area contributed by atoms with Gasteiger partial charge in [-0.05, 0) is 37.8 Å². The topological polar surface area (TPSA) is 88.2 Å². The number of carbonyl (C=O) groups excluding carboxylic acids is 1. The van der Waals surface area contributed by atoms with Gasteiger partial charge >= 0.3 is 0 Å². The molecule has 0 saturated heterocycles. The Balaban J connectivity index is 1.97. The summed E-state index contributed by atoms with van der Waals surface area (Å²) in [6.45, 7) is 3.40. The highest BCUT2D eigenvalue weighted by atomic mass is 16.5. The van der Waals surface area contributed by atoms with Crippen LogP contribution in [0, 0.1) is 5.92 Å². The Kier molecular flexibility index (Phi) is 5.03. The van der Waals surface area contributed by atoms with Crippen LogP contribution in [-0.4, -0.2) is 41.5 Å². The standard InChI is InChI=1S/C15H21N3O3/c1-2-18(9-11-7-8-11)14(19)10-21-13-6-4-3-5-12(13)15(16)17-20/h3-6,11,20H,2,7-10H2,1H3,(H2,16,17). The Morgan fingerprint density at radius 2 is 2.19 bits per heavy atom. The Bertz CT molecular complexity index is 527. The van der Waals surface area contributed by atoms with Gasteiger partial charge in [-0.2, -0.15) is 0 Å². The summed E-state index contributed by atoms with van der Waals surface area (Å²) >= 11 is 0. The third-order valence-electron chi connectivity index (χ3n) is 3.53. The summed E-state index contributed by atoms with van der Waals surface area (Å²) in [7, 11) is 0. The second-order valence-electron chi connectivity index (χ2n) is 5.15. The van der Waals surface area contributed by atoms with E-state index in [9.17, 15) is 4.79 Å². The van der Waals surface area contributed by atoms with Crippen molar-refractivity contribution in [1.29, 1.82) is 0 Å². The summed E-state index contributed by atoms with van der Waals surface area (Å²) in [5.41, 5.74) is 6.06. The maximum Gasteiger partial charge on any atom is 0.260 e. The van der Waals surface area contributed by atoms with Crippen molar-refractivity contribution in [2.45, 2.75) is 19.8 Å². The van der Waals surface area contributed by atoms with E-state index in [0.29, 0.717) is 23.8 Å². The zero-order valence-electron chi connectivity index (χ0n) is 12.2. The molecule has 1 aromatic rings. The normalized spacial score (nSPS) is 14.8. The Morgan fingerprint density at radius 1 is 1.48 bits per heavy atom. The molecule has 1 aromatic carbocycles. The highest BCUT2D eigenvalue weighted by Gasteiger charge is 2.26. The number of nitrogens with two attached hydrogens (primary N) is 1. The van der Waals surface area contributed by atoms with E-state index in [1.54, 1.807) is 24.3 Å². The van der Waals surface area contributed by atoms with Crippen LogP contribution >= 0.6 is 0 Å². The van der Waals surface area contributed by atoms with Gasteiger partial charge in [0.1, 0.15) is 5.75 Å². The fraction of sp³-hybridized carbons (Fsp3) is 0.467. The van der Waals surface area contributed by atoms with Crippen molar-refractivity contribution in [3.8, 4) is 5.75 Å². The molecule has 0 heterocycles. The second-order valence-corrected chi connectivity index (χ2v) is 5.15. The first-order valence-electron chi connectivity index (χ1n) is 7.13. The predicted octanol–water partition coefficient (Wildman–Crippen LogP) is 1.42. The summed E-state index contributed by atoms with van der Waals surface area (Å²) in [4.78, 5) is 14.0. The second kappa shape index (κ2) is 6.97. The average molecular weight is 291 g/mol. The molecule has 0 aliphatic heterocycles. The monoisotopic (exact) mass is 291 g/mol. The van der Waals surface area contributed by atoms with E-state index in [4.69, 9.17) is 15.7 Å². The Hall–Kier alpha value is -2.24. The van der Waals surface area contributed by atoms with E-state index in [1.807, 2.05) is 11.8 Å². The van der Waals surface area contributed by atoms with E-state index in [0.717, 1.165) is 6.54 Å². The van der Waals surface area contributed by atoms with E-state index in [2.05, 4.69) is 5.16 Å². The number of oxime groups is 1. The molecular formula is C15H21N3O3. The van der Waals surface area contributed by atoms with Gasteiger partial charge in [-0.15, -0.1) is 0 Å². The first-order valence-corrected chi connectivity index (χ1v) is 7.13. The van der Waals surface area contributed by atoms with Gasteiger partial charge in [0.05, 0.1) is 5.56 Å². The molecule has 6 heteroatoms. The lowest BCUT2D eigenvalue weighted by Gasteiger charge is -2.21. The van der Waals surface area contributed by atoms with Gasteiger partial charge < -0.3 is 20.6 Å². The minimum atomic E-state index is -0.0454. The van der Waals surface area contributed by atoms with Crippen LogP contribution in [0.2, 0.25) is 0 Å². The lowest BCUT2D eigenvalue weighted by molar-refractivity contribution is -0.133. The molecule has 0 atom stereocenters. The first-order chi connectivity index (χ1) is 10.2. The number of hydrogen-bond donors (Lipinski definition) is 2. The van der Waals surface area contributed by atoms with Crippen LogP contribution in [0.5, 0.6) is 5.75 Å². The molecule has 0 unspecified atom stereocenters. The van der Waals surface area contributed by atoms with Crippen LogP contribution in [0.4, 0.5) is 0 Å². The number of likely N-dealkylation sites (N-methyl/N-ethyl adjacent to an activating group) is 1. The molecule has 1 saturated carbocycles. The molecule has 1 amide bonds. The predicted molar refractivity (Wildman–Crippen MR) is 79.4 cm³/mol. The van der Waals surface area contributed by atoms with E-state index >= 15 is 0 Å². The van der Waals surface area contributed by atoms with E-state index in [1.165, 1.54) is 12.8 Å². The number of nitrogens with zero attached hydrogens (tertiary/aromatic N) is 2. The summed E-state index contributed by atoms with van der Waals surface area (Å²) in [6, 6.07) is 6.90. The molecule has 6 nitrogen and oxygen atoms in total. The Morgan fingerprint density at radius 3 is 2.81 bits per heavy atom. The van der Waals surface area contributed by atoms with E-state index < -0.39 is 0 Å². The van der Waals surface area contributed by atoms with Gasteiger partial charge in [-0.1, -0.05) is 17.3 Å². The number of hydrogen-bond acceptors (Lipinski definition) is 4. The fourth-order valence-electron chi connectivity index (χ4n) is 2.11. The van der Waals surface area contributed by atoms with Crippen molar-refractivity contribution < 1.29 is 14.7 Å². The van der Waals surface area contributed by atoms with Crippen molar-refractivity contribution in [3.05, 3.63) is 29.8 Å². The highest BCUT2D eigenvalue weighted by Crippen LogP contribution is 2.29. The zero-order chi connectivity index (χ0) is 15.2. The Labute approximate surface area is 124 Å². The SMILES string of the molecule is CCN(CC1CC1)C(=O)COc1ccccc1C(N)=NO. The molecule has 0 bridgehead atoms. The van der Waals surface area contributed by atoms with Crippen LogP contribution in [0.25, 0.3) is 0 Å². The number of para-hydroxylation sites is 1. The largest absolute Gasteiger partial charge is 0.483 e. The fourth-order valence-corrected chi connectivity index (χ4v) is 2.11. The summed E-state index contributed by atoms with van der Waals surface area (Å²) in [5.74, 6) is 1.00. The van der Waals surface area contributed by atoms with Crippen LogP contribution in [-0.2, 0) is 4.79 Å². The number of carbonyl (C=O) groups is 1. The van der Waals surface area contributed by atoms with Crippen LogP contribution in [0.15, 0.2) is 29.4 Å². The van der Waals surface area contributed by atoms with Crippen molar-refractivity contribution >= 4 is 11.7 Å². The van der Waals surface area contributed by atoms with Gasteiger partial charge in [0.15, 0.2) is 12.4 Å². The average Bonchev–Trinajstić information content (AvgIpc) is 3.33. The van der Waals surface area contributed by atoms with E-state index in [-0.39, 0.29) is 18.3 Å². The lowest BCUT2D eigenvalue weighted by atomic mass is 10.2. The van der Waals surface area contributed by atoms with Crippen molar-refractivity contribution in [3.63, 3.8) is 0 Å². The molecule has 21 heavy (non-hydrogen) atoms. The molecule has 0 radical (unpaired) electrons. The maximum absolute atomic E-state index is 12.2. The summed E-state index contributed by atoms with van der Waals surface area (Å²) < 4.78 is 5.54. The van der Waals surface area contributed by atoms with Crippen LogP contribution < -0.4 is 10.5 Å². The molecule has 0 spiro atoms. The number of benzene rings is 1. The number of amides is 1. The summed E-state index contributed by atoms with van der Waals surface area (Å²) in [6.07, 6.45) is 2.41. The third-order valence-corrected chi connectivity index (χ3v) is 3.53. The minimum Gasteiger partial charge on any atom is -0.483 e. The smallest absolute Gasteiger partial charge is 0.260 e. The van der Waals surface area contributed by atoms with Crippen LogP contribution in [0.1, 0.15) is 25.3 Å². The zero-order valence-corrected chi connectivity index (χ0v) is 12.2. The van der Waals surface area contributed by atoms with Crippen molar-refractivity contribution in [1.82, 2.24) is 4.90 Å². The first kappa shape index (κ1) is 15.2. The maximum atomic E-state index is 12.2. The van der Waals surface area contributed by atoms with Gasteiger partial charge in [-0.25, -0.2) is 0 Å². The molecule has 1 fully saturated rings. The van der Waals surface area contributed by atoms with Crippen molar-refractivity contribution in [2.75, 3.05) is 19.7 Å². The lowest BCUT2D eigenvalue weighted by Crippen LogP contribution is -2.36. The number of ether oxygens (including phenoxy) is 1. The third kappa shape index (κ3) is 4.11. The van der Waals surface area contributed by atoms with Gasteiger partial charge in [0.25, 0.3) is 5.91 Å². The molecule has 1 aliphatic rings. The van der Waals surface area contributed by atoms with Crippen molar-refractivity contribution in [2.24, 2.45) is 16.8 Å². The summed E-state index contributed by atoms with van der Waals surface area (Å²) in [5, 5.41) is 11.7. The molecule has 1 aliphatic carbocycles. The molecular weight excluding hydrogens is 270 g/mol. The van der Waals surface area contributed by atoms with Crippen LogP contribution in [0.3, 0.4) is 0 Å². The number of amidine groups is 1. The quantitative estimate of drug-likeness (QED) is 0.344. The highest BCUT2D eigenvalue weighted by molar-refractivity contribution is 5.99. The van der Waals surface area contributed by atoms with Gasteiger partial charge in [0.2, 0.25) is 0 Å². The number of rotatable bonds is 7. The molecule has 114 valence electrons. The van der Waals surface area contributed by atoms with Gasteiger partial charge in [-0.3, -0.25) is 4.79 Å².